The van der Waals surface area contributed by atoms with Crippen LogP contribution in [0.5, 0.6) is 5.75 Å². The molecule has 0 radical (unpaired) electrons. The van der Waals surface area contributed by atoms with Gasteiger partial charge in [-0.05, 0) is 30.2 Å². The molecule has 2 N–H and O–H groups in total. The van der Waals surface area contributed by atoms with Crippen molar-refractivity contribution in [1.29, 1.82) is 0 Å². The van der Waals surface area contributed by atoms with Crippen molar-refractivity contribution in [3.8, 4) is 5.75 Å². The molecule has 9 heteroatoms. The Morgan fingerprint density at radius 2 is 2.00 bits per heavy atom. The summed E-state index contributed by atoms with van der Waals surface area (Å²) in [5, 5.41) is 13.0. The fourth-order valence-electron chi connectivity index (χ4n) is 2.70. The Hall–Kier alpha value is -2.55. The van der Waals surface area contributed by atoms with Crippen LogP contribution in [-0.2, 0) is 16.0 Å². The first kappa shape index (κ1) is 20.8. The maximum atomic E-state index is 12.2. The lowest BCUT2D eigenvalue weighted by Crippen LogP contribution is -2.49. The van der Waals surface area contributed by atoms with Crippen LogP contribution in [0.3, 0.4) is 0 Å². The third-order valence-corrected chi connectivity index (χ3v) is 4.18. The van der Waals surface area contributed by atoms with Crippen molar-refractivity contribution in [2.24, 2.45) is 0 Å². The second-order valence-corrected chi connectivity index (χ2v) is 6.30. The van der Waals surface area contributed by atoms with Crippen LogP contribution in [0.25, 0.3) is 0 Å². The number of amides is 2. The molecule has 6 nitrogen and oxygen atoms in total. The summed E-state index contributed by atoms with van der Waals surface area (Å²) in [6, 6.07) is 6.05. The lowest BCUT2D eigenvalue weighted by atomic mass is 10.0. The van der Waals surface area contributed by atoms with Crippen molar-refractivity contribution in [3.63, 3.8) is 0 Å². The molecule has 1 aliphatic rings. The van der Waals surface area contributed by atoms with Crippen LogP contribution in [0.1, 0.15) is 12.0 Å². The molecule has 0 spiro atoms. The molecule has 1 heterocycles. The van der Waals surface area contributed by atoms with Crippen LogP contribution < -0.4 is 10.1 Å². The quantitative estimate of drug-likeness (QED) is 0.695. The number of nitrogens with zero attached hydrogens (tertiary/aromatic N) is 1. The first-order chi connectivity index (χ1) is 12.6. The number of halogens is 3. The maximum absolute atomic E-state index is 12.2. The average molecular weight is 386 g/mol. The molecule has 0 bridgehead atoms. The van der Waals surface area contributed by atoms with Gasteiger partial charge in [0.25, 0.3) is 5.91 Å². The highest BCUT2D eigenvalue weighted by molar-refractivity contribution is 5.90. The fourth-order valence-corrected chi connectivity index (χ4v) is 2.70. The molecule has 1 saturated heterocycles. The van der Waals surface area contributed by atoms with E-state index in [9.17, 15) is 27.9 Å². The minimum Gasteiger partial charge on any atom is -0.484 e. The molecular formula is C18H21F3N2O4. The van der Waals surface area contributed by atoms with Crippen LogP contribution in [-0.4, -0.2) is 59.8 Å². The smallest absolute Gasteiger partial charge is 0.422 e. The molecule has 1 aliphatic heterocycles. The van der Waals surface area contributed by atoms with Gasteiger partial charge in [-0.2, -0.15) is 13.2 Å². The van der Waals surface area contributed by atoms with Crippen LogP contribution >= 0.6 is 0 Å². The van der Waals surface area contributed by atoms with Gasteiger partial charge in [0, 0.05) is 19.5 Å². The van der Waals surface area contributed by atoms with Gasteiger partial charge in [0.15, 0.2) is 12.2 Å². The molecule has 1 atom stereocenters. The van der Waals surface area contributed by atoms with Gasteiger partial charge in [0.2, 0.25) is 5.91 Å². The van der Waals surface area contributed by atoms with Gasteiger partial charge in [-0.15, -0.1) is 0 Å². The molecule has 0 saturated carbocycles. The third kappa shape index (κ3) is 5.99. The Morgan fingerprint density at radius 3 is 2.59 bits per heavy atom. The summed E-state index contributed by atoms with van der Waals surface area (Å²) in [5.41, 5.74) is -0.843. The van der Waals surface area contributed by atoms with E-state index < -0.39 is 24.3 Å². The Kier molecular flexibility index (Phi) is 6.48. The monoisotopic (exact) mass is 386 g/mol. The number of carbonyl (C=O) groups is 2. The first-order valence-corrected chi connectivity index (χ1v) is 8.33. The van der Waals surface area contributed by atoms with E-state index in [0.717, 1.165) is 11.6 Å². The normalized spacial score (nSPS) is 19.6. The number of hydrogen-bond donors (Lipinski definition) is 2. The summed E-state index contributed by atoms with van der Waals surface area (Å²) < 4.78 is 40.9. The maximum Gasteiger partial charge on any atom is 0.422 e. The van der Waals surface area contributed by atoms with E-state index in [2.05, 4.69) is 16.6 Å². The summed E-state index contributed by atoms with van der Waals surface area (Å²) in [6.07, 6.45) is -2.69. The molecule has 0 aromatic heterocycles. The number of hydrogen-bond acceptors (Lipinski definition) is 4. The average Bonchev–Trinajstić information content (AvgIpc) is 3.03. The molecule has 1 unspecified atom stereocenters. The summed E-state index contributed by atoms with van der Waals surface area (Å²) in [6.45, 7) is 2.44. The van der Waals surface area contributed by atoms with Crippen molar-refractivity contribution in [3.05, 3.63) is 42.5 Å². The van der Waals surface area contributed by atoms with Gasteiger partial charge in [0.1, 0.15) is 5.75 Å². The Balaban J connectivity index is 1.78. The zero-order valence-electron chi connectivity index (χ0n) is 14.6. The van der Waals surface area contributed by atoms with E-state index in [0.29, 0.717) is 6.42 Å². The molecule has 27 heavy (non-hydrogen) atoms. The molecule has 1 aromatic carbocycles. The van der Waals surface area contributed by atoms with Gasteiger partial charge in [0.05, 0.1) is 6.54 Å². The van der Waals surface area contributed by atoms with Crippen molar-refractivity contribution in [1.82, 2.24) is 10.2 Å². The molecule has 1 aromatic rings. The fraction of sp³-hybridized carbons (Fsp3) is 0.444. The molecule has 2 rings (SSSR count). The predicted octanol–water partition coefficient (Wildman–Crippen LogP) is 1.44. The van der Waals surface area contributed by atoms with Gasteiger partial charge in [-0.1, -0.05) is 18.7 Å². The standard InChI is InChI=1S/C18H21F3N2O4/c1-2-15(24)23-10-8-17(26,11-23)16(25)22-9-7-13-3-5-14(6-4-13)27-12-18(19,20)21/h2-6,26H,1,7-12H2,(H,22,25). The Morgan fingerprint density at radius 1 is 1.33 bits per heavy atom. The second kappa shape index (κ2) is 8.43. The molecular weight excluding hydrogens is 365 g/mol. The van der Waals surface area contributed by atoms with Crippen LogP contribution in [0.4, 0.5) is 13.2 Å². The Bertz CT molecular complexity index is 691. The number of alkyl halides is 3. The number of aliphatic hydroxyl groups is 1. The van der Waals surface area contributed by atoms with Gasteiger partial charge < -0.3 is 20.1 Å². The van der Waals surface area contributed by atoms with Crippen molar-refractivity contribution < 1.29 is 32.6 Å². The topological polar surface area (TPSA) is 78.9 Å². The number of benzene rings is 1. The van der Waals surface area contributed by atoms with Gasteiger partial charge >= 0.3 is 6.18 Å². The lowest BCUT2D eigenvalue weighted by molar-refractivity contribution is -0.153. The van der Waals surface area contributed by atoms with E-state index in [4.69, 9.17) is 0 Å². The lowest BCUT2D eigenvalue weighted by Gasteiger charge is -2.22. The molecule has 1 fully saturated rings. The minimum absolute atomic E-state index is 0.0884. The van der Waals surface area contributed by atoms with Crippen molar-refractivity contribution in [2.75, 3.05) is 26.2 Å². The Labute approximate surface area is 154 Å². The first-order valence-electron chi connectivity index (χ1n) is 8.33. The SMILES string of the molecule is C=CC(=O)N1CCC(O)(C(=O)NCCc2ccc(OCC(F)(F)F)cc2)C1. The van der Waals surface area contributed by atoms with Crippen molar-refractivity contribution >= 4 is 11.8 Å². The van der Waals surface area contributed by atoms with Crippen LogP contribution in [0, 0.1) is 0 Å². The summed E-state index contributed by atoms with van der Waals surface area (Å²) in [5.74, 6) is -0.800. The molecule has 0 aliphatic carbocycles. The second-order valence-electron chi connectivity index (χ2n) is 6.30. The summed E-state index contributed by atoms with van der Waals surface area (Å²) in [4.78, 5) is 25.1. The van der Waals surface area contributed by atoms with E-state index in [1.807, 2.05) is 0 Å². The van der Waals surface area contributed by atoms with E-state index in [1.165, 1.54) is 17.0 Å². The largest absolute Gasteiger partial charge is 0.484 e. The third-order valence-electron chi connectivity index (χ3n) is 4.18. The zero-order chi connectivity index (χ0) is 20.1. The van der Waals surface area contributed by atoms with E-state index in [-0.39, 0.29) is 37.7 Å². The van der Waals surface area contributed by atoms with E-state index in [1.54, 1.807) is 12.1 Å². The van der Waals surface area contributed by atoms with Crippen molar-refractivity contribution in [2.45, 2.75) is 24.6 Å². The number of likely N-dealkylation sites (tertiary alicyclic amines) is 1. The highest BCUT2D eigenvalue weighted by Gasteiger charge is 2.43. The molecule has 2 amide bonds. The highest BCUT2D eigenvalue weighted by Crippen LogP contribution is 2.22. The number of nitrogens with one attached hydrogen (secondary N) is 1. The van der Waals surface area contributed by atoms with Gasteiger partial charge in [-0.25, -0.2) is 0 Å². The molecule has 148 valence electrons. The minimum atomic E-state index is -4.39. The van der Waals surface area contributed by atoms with Crippen LogP contribution in [0.15, 0.2) is 36.9 Å². The zero-order valence-corrected chi connectivity index (χ0v) is 14.6. The van der Waals surface area contributed by atoms with Gasteiger partial charge in [-0.3, -0.25) is 9.59 Å². The number of carbonyl (C=O) groups excluding carboxylic acids is 2. The highest BCUT2D eigenvalue weighted by atomic mass is 19.4. The summed E-state index contributed by atoms with van der Waals surface area (Å²) in [7, 11) is 0. The predicted molar refractivity (Wildman–Crippen MR) is 91.0 cm³/mol. The van der Waals surface area contributed by atoms with Crippen LogP contribution in [0.2, 0.25) is 0 Å². The number of rotatable bonds is 7. The number of β-amino-alcohol motifs (C(OH)–C–C–N with tert-alkyl or cyclic N) is 1. The summed E-state index contributed by atoms with van der Waals surface area (Å²) >= 11 is 0. The number of ether oxygens (including phenoxy) is 1. The van der Waals surface area contributed by atoms with E-state index >= 15 is 0 Å².